The fourth-order valence-electron chi connectivity index (χ4n) is 2.74. The number of aromatic nitrogens is 2. The van der Waals surface area contributed by atoms with Crippen molar-refractivity contribution in [3.63, 3.8) is 0 Å². The lowest BCUT2D eigenvalue weighted by molar-refractivity contribution is 0.190. The molecule has 8 heteroatoms. The standard InChI is InChI=1S/C10H11ClN4O3/c11-7-2-8-14-3-5(12-10(17)18)1-6(14)4-15(8)9(16)13-7/h2,5-6,12H,1,3-4H2,(H,17,18)/t5-,6+/m0/s1. The zero-order chi connectivity index (χ0) is 12.9. The normalized spacial score (nSPS) is 24.8. The SMILES string of the molecule is O=C(O)N[C@H]1C[C@@H]2Cn3c(cc(Cl)nc3=O)N2C1. The van der Waals surface area contributed by atoms with E-state index in [4.69, 9.17) is 16.7 Å². The van der Waals surface area contributed by atoms with Crippen LogP contribution in [0.15, 0.2) is 10.9 Å². The number of amides is 1. The van der Waals surface area contributed by atoms with Gasteiger partial charge in [-0.25, -0.2) is 9.59 Å². The maximum Gasteiger partial charge on any atom is 0.404 e. The lowest BCUT2D eigenvalue weighted by atomic mass is 10.2. The second-order valence-electron chi connectivity index (χ2n) is 4.52. The van der Waals surface area contributed by atoms with Crippen molar-refractivity contribution in [2.24, 2.45) is 0 Å². The largest absolute Gasteiger partial charge is 0.465 e. The van der Waals surface area contributed by atoms with E-state index in [-0.39, 0.29) is 22.9 Å². The number of anilines is 1. The molecule has 0 aliphatic carbocycles. The van der Waals surface area contributed by atoms with E-state index >= 15 is 0 Å². The van der Waals surface area contributed by atoms with Crippen LogP contribution in [-0.4, -0.2) is 39.4 Å². The molecule has 2 aliphatic rings. The lowest BCUT2D eigenvalue weighted by Gasteiger charge is -2.17. The summed E-state index contributed by atoms with van der Waals surface area (Å²) < 4.78 is 1.58. The molecule has 3 rings (SSSR count). The van der Waals surface area contributed by atoms with Crippen molar-refractivity contribution in [1.82, 2.24) is 14.9 Å². The highest BCUT2D eigenvalue weighted by Crippen LogP contribution is 2.32. The van der Waals surface area contributed by atoms with Crippen molar-refractivity contribution < 1.29 is 9.90 Å². The van der Waals surface area contributed by atoms with Crippen molar-refractivity contribution in [3.8, 4) is 0 Å². The summed E-state index contributed by atoms with van der Waals surface area (Å²) in [6, 6.07) is 1.67. The van der Waals surface area contributed by atoms with Crippen LogP contribution in [0.2, 0.25) is 5.15 Å². The van der Waals surface area contributed by atoms with E-state index < -0.39 is 6.09 Å². The van der Waals surface area contributed by atoms with E-state index in [0.29, 0.717) is 19.5 Å². The van der Waals surface area contributed by atoms with Crippen molar-refractivity contribution in [1.29, 1.82) is 0 Å². The van der Waals surface area contributed by atoms with E-state index in [1.165, 1.54) is 0 Å². The minimum Gasteiger partial charge on any atom is -0.465 e. The van der Waals surface area contributed by atoms with Crippen LogP contribution < -0.4 is 15.9 Å². The number of hydrogen-bond acceptors (Lipinski definition) is 4. The molecule has 0 spiro atoms. The van der Waals surface area contributed by atoms with Gasteiger partial charge in [-0.15, -0.1) is 0 Å². The van der Waals surface area contributed by atoms with Gasteiger partial charge in [-0.1, -0.05) is 11.6 Å². The van der Waals surface area contributed by atoms with Crippen LogP contribution in [0.3, 0.4) is 0 Å². The molecule has 0 radical (unpaired) electrons. The summed E-state index contributed by atoms with van der Waals surface area (Å²) >= 11 is 5.78. The van der Waals surface area contributed by atoms with Crippen LogP contribution in [0.1, 0.15) is 6.42 Å². The maximum atomic E-state index is 11.7. The molecular formula is C10H11ClN4O3. The highest BCUT2D eigenvalue weighted by Gasteiger charge is 2.39. The second-order valence-corrected chi connectivity index (χ2v) is 4.91. The maximum absolute atomic E-state index is 11.7. The first kappa shape index (κ1) is 11.3. The monoisotopic (exact) mass is 270 g/mol. The predicted octanol–water partition coefficient (Wildman–Crippen LogP) is 0.125. The third-order valence-corrected chi connectivity index (χ3v) is 3.58. The molecule has 0 saturated carbocycles. The van der Waals surface area contributed by atoms with Gasteiger partial charge in [-0.2, -0.15) is 4.98 Å². The molecule has 18 heavy (non-hydrogen) atoms. The molecule has 2 atom stereocenters. The van der Waals surface area contributed by atoms with Gasteiger partial charge in [0.25, 0.3) is 0 Å². The predicted molar refractivity (Wildman–Crippen MR) is 64.2 cm³/mol. The Balaban J connectivity index is 1.89. The zero-order valence-electron chi connectivity index (χ0n) is 9.34. The Kier molecular flexibility index (Phi) is 2.44. The highest BCUT2D eigenvalue weighted by atomic mass is 35.5. The molecular weight excluding hydrogens is 260 g/mol. The number of carboxylic acid groups (broad SMARTS) is 1. The van der Waals surface area contributed by atoms with Gasteiger partial charge in [0.15, 0.2) is 0 Å². The van der Waals surface area contributed by atoms with Gasteiger partial charge in [0.05, 0.1) is 12.1 Å². The first-order valence-electron chi connectivity index (χ1n) is 5.58. The smallest absolute Gasteiger partial charge is 0.404 e. The van der Waals surface area contributed by atoms with Crippen LogP contribution in [0.4, 0.5) is 10.6 Å². The van der Waals surface area contributed by atoms with E-state index in [9.17, 15) is 9.59 Å². The molecule has 0 unspecified atom stereocenters. The second kappa shape index (κ2) is 3.88. The third kappa shape index (κ3) is 1.71. The molecule has 1 amide bonds. The van der Waals surface area contributed by atoms with Gasteiger partial charge in [-0.3, -0.25) is 4.57 Å². The summed E-state index contributed by atoms with van der Waals surface area (Å²) in [7, 11) is 0. The Labute approximate surface area is 107 Å². The number of halogens is 1. The Morgan fingerprint density at radius 2 is 2.33 bits per heavy atom. The zero-order valence-corrected chi connectivity index (χ0v) is 10.1. The molecule has 2 aliphatic heterocycles. The van der Waals surface area contributed by atoms with Crippen molar-refractivity contribution >= 4 is 23.5 Å². The van der Waals surface area contributed by atoms with Crippen molar-refractivity contribution in [3.05, 3.63) is 21.7 Å². The van der Waals surface area contributed by atoms with Gasteiger partial charge >= 0.3 is 11.8 Å². The van der Waals surface area contributed by atoms with Gasteiger partial charge in [0.2, 0.25) is 0 Å². The highest BCUT2D eigenvalue weighted by molar-refractivity contribution is 6.29. The molecule has 1 aromatic heterocycles. The Morgan fingerprint density at radius 3 is 3.06 bits per heavy atom. The van der Waals surface area contributed by atoms with Crippen LogP contribution in [0.5, 0.6) is 0 Å². The Hall–Kier alpha value is -1.76. The van der Waals surface area contributed by atoms with E-state index in [0.717, 1.165) is 5.82 Å². The molecule has 1 saturated heterocycles. The van der Waals surface area contributed by atoms with Crippen LogP contribution in [0, 0.1) is 0 Å². The topological polar surface area (TPSA) is 87.5 Å². The summed E-state index contributed by atoms with van der Waals surface area (Å²) in [4.78, 5) is 28.0. The molecule has 0 aromatic carbocycles. The Morgan fingerprint density at radius 1 is 1.56 bits per heavy atom. The fraction of sp³-hybridized carbons (Fsp3) is 0.500. The summed E-state index contributed by atoms with van der Waals surface area (Å²) in [6.45, 7) is 1.09. The first-order valence-corrected chi connectivity index (χ1v) is 5.96. The molecule has 96 valence electrons. The quantitative estimate of drug-likeness (QED) is 0.708. The summed E-state index contributed by atoms with van der Waals surface area (Å²) in [6.07, 6.45) is -0.336. The first-order chi connectivity index (χ1) is 8.54. The fourth-order valence-corrected chi connectivity index (χ4v) is 2.91. The molecule has 1 aromatic rings. The Bertz CT molecular complexity index is 573. The number of nitrogens with zero attached hydrogens (tertiary/aromatic N) is 3. The van der Waals surface area contributed by atoms with Gasteiger partial charge in [0.1, 0.15) is 11.0 Å². The van der Waals surface area contributed by atoms with Gasteiger partial charge < -0.3 is 15.3 Å². The molecule has 2 N–H and O–H groups in total. The molecule has 0 bridgehead atoms. The number of rotatable bonds is 1. The number of hydrogen-bond donors (Lipinski definition) is 2. The van der Waals surface area contributed by atoms with Crippen LogP contribution >= 0.6 is 11.6 Å². The summed E-state index contributed by atoms with van der Waals surface area (Å²) in [5.41, 5.74) is -0.352. The van der Waals surface area contributed by atoms with E-state index in [1.54, 1.807) is 10.6 Å². The average Bonchev–Trinajstić information content (AvgIpc) is 2.75. The number of nitrogens with one attached hydrogen (secondary N) is 1. The number of fused-ring (bicyclic) bond motifs is 3. The minimum atomic E-state index is -1.02. The van der Waals surface area contributed by atoms with Gasteiger partial charge in [0, 0.05) is 19.2 Å². The minimum absolute atomic E-state index is 0.108. The molecule has 7 nitrogen and oxygen atoms in total. The molecule has 3 heterocycles. The average molecular weight is 271 g/mol. The molecule has 1 fully saturated rings. The van der Waals surface area contributed by atoms with Crippen molar-refractivity contribution in [2.75, 3.05) is 11.4 Å². The van der Waals surface area contributed by atoms with Crippen molar-refractivity contribution in [2.45, 2.75) is 25.0 Å². The van der Waals surface area contributed by atoms with Crippen LogP contribution in [-0.2, 0) is 6.54 Å². The summed E-state index contributed by atoms with van der Waals surface area (Å²) in [5, 5.41) is 11.3. The van der Waals surface area contributed by atoms with Crippen LogP contribution in [0.25, 0.3) is 0 Å². The summed E-state index contributed by atoms with van der Waals surface area (Å²) in [5.74, 6) is 0.722. The van der Waals surface area contributed by atoms with Gasteiger partial charge in [-0.05, 0) is 6.42 Å². The lowest BCUT2D eigenvalue weighted by Crippen LogP contribution is -2.36. The number of carbonyl (C=O) groups is 1. The van der Waals surface area contributed by atoms with E-state index in [1.807, 2.05) is 4.90 Å². The van der Waals surface area contributed by atoms with E-state index in [2.05, 4.69) is 10.3 Å². The third-order valence-electron chi connectivity index (χ3n) is 3.39.